The van der Waals surface area contributed by atoms with E-state index in [9.17, 15) is 4.79 Å². The van der Waals surface area contributed by atoms with E-state index in [0.29, 0.717) is 35.7 Å². The van der Waals surface area contributed by atoms with Crippen LogP contribution in [0.1, 0.15) is 33.7 Å². The number of aryl methyl sites for hydroxylation is 1. The molecular weight excluding hydrogens is 366 g/mol. The summed E-state index contributed by atoms with van der Waals surface area (Å²) < 4.78 is 5.56. The Labute approximate surface area is 169 Å². The molecule has 3 aromatic rings. The molecule has 0 spiro atoms. The highest BCUT2D eigenvalue weighted by atomic mass is 16.4. The molecule has 1 amide bonds. The molecule has 2 aliphatic heterocycles. The van der Waals surface area contributed by atoms with Crippen molar-refractivity contribution in [1.29, 1.82) is 0 Å². The lowest BCUT2D eigenvalue weighted by Crippen LogP contribution is -2.35. The van der Waals surface area contributed by atoms with E-state index in [1.807, 2.05) is 42.2 Å². The molecule has 0 radical (unpaired) electrons. The van der Waals surface area contributed by atoms with E-state index in [2.05, 4.69) is 32.2 Å². The van der Waals surface area contributed by atoms with Gasteiger partial charge >= 0.3 is 0 Å². The number of benzene rings is 1. The highest BCUT2D eigenvalue weighted by Crippen LogP contribution is 2.45. The maximum atomic E-state index is 13.3. The van der Waals surface area contributed by atoms with Gasteiger partial charge in [-0.25, -0.2) is 0 Å². The number of pyridine rings is 1. The van der Waals surface area contributed by atoms with Crippen molar-refractivity contribution in [3.05, 3.63) is 77.8 Å². The molecule has 7 nitrogen and oxygen atoms in total. The fourth-order valence-electron chi connectivity index (χ4n) is 4.80. The molecule has 1 aromatic carbocycles. The molecule has 29 heavy (non-hydrogen) atoms. The van der Waals surface area contributed by atoms with Crippen LogP contribution in [0.4, 0.5) is 0 Å². The number of likely N-dealkylation sites (tertiary alicyclic amines) is 2. The van der Waals surface area contributed by atoms with Gasteiger partial charge in [0.2, 0.25) is 11.8 Å². The molecule has 2 fully saturated rings. The van der Waals surface area contributed by atoms with Crippen molar-refractivity contribution in [2.75, 3.05) is 19.6 Å². The van der Waals surface area contributed by atoms with Crippen molar-refractivity contribution >= 4 is 5.91 Å². The van der Waals surface area contributed by atoms with Crippen LogP contribution in [0.25, 0.3) is 0 Å². The number of aromatic nitrogens is 3. The quantitative estimate of drug-likeness (QED) is 0.683. The molecule has 0 saturated carbocycles. The molecule has 4 heterocycles. The third-order valence-electron chi connectivity index (χ3n) is 5.98. The Hall–Kier alpha value is -3.06. The number of amides is 1. The summed E-state index contributed by atoms with van der Waals surface area (Å²) in [7, 11) is 0. The highest BCUT2D eigenvalue weighted by Gasteiger charge is 2.49. The van der Waals surface area contributed by atoms with Gasteiger partial charge in [0.1, 0.15) is 0 Å². The lowest BCUT2D eigenvalue weighted by Gasteiger charge is -2.29. The van der Waals surface area contributed by atoms with Crippen molar-refractivity contribution in [3.63, 3.8) is 0 Å². The summed E-state index contributed by atoms with van der Waals surface area (Å²) in [6.45, 7) is 5.04. The Balaban J connectivity index is 1.40. The zero-order valence-electron chi connectivity index (χ0n) is 16.3. The van der Waals surface area contributed by atoms with Crippen LogP contribution >= 0.6 is 0 Å². The molecule has 0 N–H and O–H groups in total. The van der Waals surface area contributed by atoms with Crippen LogP contribution < -0.4 is 0 Å². The summed E-state index contributed by atoms with van der Waals surface area (Å²) in [5.74, 6) is 2.10. The first-order chi connectivity index (χ1) is 14.2. The summed E-state index contributed by atoms with van der Waals surface area (Å²) in [4.78, 5) is 21.8. The number of nitrogens with zero attached hydrogens (tertiary/aromatic N) is 5. The fourth-order valence-corrected chi connectivity index (χ4v) is 4.80. The topological polar surface area (TPSA) is 75.4 Å². The lowest BCUT2D eigenvalue weighted by molar-refractivity contribution is 0.0697. The SMILES string of the molecule is Cc1nnc(CN2C[C@H]3CN(C(=O)c4cccnc4)[C@H](c4ccccc4)[C@H]3C2)o1. The number of hydrogen-bond donors (Lipinski definition) is 0. The van der Waals surface area contributed by atoms with Crippen molar-refractivity contribution in [3.8, 4) is 0 Å². The molecule has 0 aliphatic carbocycles. The number of hydrogen-bond acceptors (Lipinski definition) is 6. The van der Waals surface area contributed by atoms with E-state index in [1.54, 1.807) is 12.4 Å². The van der Waals surface area contributed by atoms with E-state index in [1.165, 1.54) is 5.56 Å². The van der Waals surface area contributed by atoms with E-state index in [4.69, 9.17) is 4.42 Å². The van der Waals surface area contributed by atoms with Crippen LogP contribution in [0.15, 0.2) is 59.3 Å². The smallest absolute Gasteiger partial charge is 0.255 e. The molecule has 2 saturated heterocycles. The standard InChI is InChI=1S/C22H23N5O2/c1-15-24-25-20(29-15)14-26-11-18-12-27(22(28)17-8-5-9-23-10-17)21(19(18)13-26)16-6-3-2-4-7-16/h2-10,18-19,21H,11-14H2,1H3/t18-,19-,21+/m0/s1. The van der Waals surface area contributed by atoms with E-state index in [0.717, 1.165) is 19.6 Å². The van der Waals surface area contributed by atoms with Gasteiger partial charge in [-0.3, -0.25) is 14.7 Å². The Morgan fingerprint density at radius 3 is 2.69 bits per heavy atom. The summed E-state index contributed by atoms with van der Waals surface area (Å²) in [5, 5.41) is 8.06. The molecule has 0 unspecified atom stereocenters. The zero-order valence-corrected chi connectivity index (χ0v) is 16.3. The monoisotopic (exact) mass is 389 g/mol. The largest absolute Gasteiger partial charge is 0.424 e. The minimum atomic E-state index is 0.0560. The summed E-state index contributed by atoms with van der Waals surface area (Å²) in [5.41, 5.74) is 1.83. The van der Waals surface area contributed by atoms with Gasteiger partial charge in [0.15, 0.2) is 0 Å². The highest BCUT2D eigenvalue weighted by molar-refractivity contribution is 5.94. The van der Waals surface area contributed by atoms with Gasteiger partial charge in [-0.05, 0) is 23.6 Å². The zero-order chi connectivity index (χ0) is 19.8. The molecule has 5 rings (SSSR count). The number of carbonyl (C=O) groups excluding carboxylic acids is 1. The van der Waals surface area contributed by atoms with Crippen molar-refractivity contribution < 1.29 is 9.21 Å². The van der Waals surface area contributed by atoms with Crippen molar-refractivity contribution in [2.24, 2.45) is 11.8 Å². The van der Waals surface area contributed by atoms with Crippen LogP contribution in [-0.2, 0) is 6.54 Å². The van der Waals surface area contributed by atoms with Gasteiger partial charge < -0.3 is 9.32 Å². The average molecular weight is 389 g/mol. The Morgan fingerprint density at radius 1 is 1.10 bits per heavy atom. The van der Waals surface area contributed by atoms with E-state index < -0.39 is 0 Å². The predicted molar refractivity (Wildman–Crippen MR) is 106 cm³/mol. The molecule has 2 aromatic heterocycles. The van der Waals surface area contributed by atoms with Crippen LogP contribution in [-0.4, -0.2) is 50.5 Å². The Morgan fingerprint density at radius 2 is 1.97 bits per heavy atom. The molecule has 0 bridgehead atoms. The lowest BCUT2D eigenvalue weighted by atomic mass is 9.89. The second-order valence-electron chi connectivity index (χ2n) is 7.89. The van der Waals surface area contributed by atoms with Crippen LogP contribution in [0.3, 0.4) is 0 Å². The third-order valence-corrected chi connectivity index (χ3v) is 5.98. The summed E-state index contributed by atoms with van der Waals surface area (Å²) in [6.07, 6.45) is 3.35. The van der Waals surface area contributed by atoms with Crippen LogP contribution in [0.2, 0.25) is 0 Å². The first-order valence-corrected chi connectivity index (χ1v) is 9.96. The maximum absolute atomic E-state index is 13.3. The fraction of sp³-hybridized carbons (Fsp3) is 0.364. The normalized spacial score (nSPS) is 24.0. The van der Waals surface area contributed by atoms with Crippen LogP contribution in [0, 0.1) is 18.8 Å². The van der Waals surface area contributed by atoms with Gasteiger partial charge in [-0.2, -0.15) is 0 Å². The first-order valence-electron chi connectivity index (χ1n) is 9.96. The first kappa shape index (κ1) is 18.0. The number of fused-ring (bicyclic) bond motifs is 1. The Bertz CT molecular complexity index is 991. The van der Waals surface area contributed by atoms with E-state index in [-0.39, 0.29) is 11.9 Å². The third kappa shape index (κ3) is 3.42. The predicted octanol–water partition coefficient (Wildman–Crippen LogP) is 2.72. The summed E-state index contributed by atoms with van der Waals surface area (Å²) in [6, 6.07) is 14.1. The average Bonchev–Trinajstić information content (AvgIpc) is 3.43. The van der Waals surface area contributed by atoms with Gasteiger partial charge in [0.25, 0.3) is 5.91 Å². The Kier molecular flexibility index (Phi) is 4.60. The maximum Gasteiger partial charge on any atom is 0.255 e. The molecular formula is C22H23N5O2. The number of rotatable bonds is 4. The molecule has 148 valence electrons. The van der Waals surface area contributed by atoms with Gasteiger partial charge in [-0.1, -0.05) is 30.3 Å². The number of carbonyl (C=O) groups is 1. The second-order valence-corrected chi connectivity index (χ2v) is 7.89. The second kappa shape index (κ2) is 7.40. The molecule has 7 heteroatoms. The van der Waals surface area contributed by atoms with E-state index >= 15 is 0 Å². The van der Waals surface area contributed by atoms with Gasteiger partial charge in [-0.15, -0.1) is 10.2 Å². The van der Waals surface area contributed by atoms with Crippen molar-refractivity contribution in [1.82, 2.24) is 25.0 Å². The minimum Gasteiger partial charge on any atom is -0.424 e. The molecule has 3 atom stereocenters. The van der Waals surface area contributed by atoms with Crippen molar-refractivity contribution in [2.45, 2.75) is 19.5 Å². The van der Waals surface area contributed by atoms with Gasteiger partial charge in [0, 0.05) is 44.9 Å². The summed E-state index contributed by atoms with van der Waals surface area (Å²) >= 11 is 0. The minimum absolute atomic E-state index is 0.0560. The van der Waals surface area contributed by atoms with Gasteiger partial charge in [0.05, 0.1) is 18.2 Å². The van der Waals surface area contributed by atoms with Crippen LogP contribution in [0.5, 0.6) is 0 Å². The molecule has 2 aliphatic rings.